The zero-order chi connectivity index (χ0) is 23.7. The predicted octanol–water partition coefficient (Wildman–Crippen LogP) is 8.88. The fourth-order valence-electron chi connectivity index (χ4n) is 6.74. The summed E-state index contributed by atoms with van der Waals surface area (Å²) in [6.45, 7) is 22.8. The van der Waals surface area contributed by atoms with Crippen LogP contribution in [0.25, 0.3) is 0 Å². The lowest BCUT2D eigenvalue weighted by atomic mass is 9.99. The summed E-state index contributed by atoms with van der Waals surface area (Å²) >= 11 is 4.25. The third-order valence-corrected chi connectivity index (χ3v) is 23.4. The first-order valence-corrected chi connectivity index (χ1v) is 18.6. The zero-order valence-electron chi connectivity index (χ0n) is 21.8. The molecule has 1 aromatic carbocycles. The van der Waals surface area contributed by atoms with Gasteiger partial charge in [0.15, 0.2) is 8.32 Å². The average Bonchev–Trinajstić information content (AvgIpc) is 2.98. The van der Waals surface area contributed by atoms with Crippen molar-refractivity contribution >= 4 is 40.4 Å². The Bertz CT molecular complexity index is 725. The minimum atomic E-state index is -2.31. The van der Waals surface area contributed by atoms with Crippen molar-refractivity contribution in [1.82, 2.24) is 0 Å². The van der Waals surface area contributed by atoms with Crippen LogP contribution in [0.3, 0.4) is 0 Å². The van der Waals surface area contributed by atoms with Crippen molar-refractivity contribution in [2.75, 3.05) is 12.4 Å². The lowest BCUT2D eigenvalue weighted by Crippen LogP contribution is -2.63. The second-order valence-corrected chi connectivity index (χ2v) is 23.9. The fourth-order valence-corrected chi connectivity index (χ4v) is 25.2. The molecule has 32 heavy (non-hydrogen) atoms. The molecule has 0 N–H and O–H groups in total. The van der Waals surface area contributed by atoms with Gasteiger partial charge in [0, 0.05) is 27.0 Å². The van der Waals surface area contributed by atoms with Crippen molar-refractivity contribution in [3.8, 4) is 0 Å². The van der Waals surface area contributed by atoms with E-state index in [0.29, 0.717) is 32.7 Å². The molecule has 1 unspecified atom stereocenters. The van der Waals surface area contributed by atoms with Crippen molar-refractivity contribution in [3.63, 3.8) is 0 Å². The van der Waals surface area contributed by atoms with Gasteiger partial charge in [0.2, 0.25) is 0 Å². The molecule has 182 valence electrons. The van der Waals surface area contributed by atoms with E-state index < -0.39 is 16.9 Å². The molecule has 6 heteroatoms. The van der Waals surface area contributed by atoms with Gasteiger partial charge in [-0.25, -0.2) is 0 Å². The summed E-state index contributed by atoms with van der Waals surface area (Å²) in [5.41, 5.74) is 2.16. The summed E-state index contributed by atoms with van der Waals surface area (Å²) in [4.78, 5) is 1.39. The van der Waals surface area contributed by atoms with E-state index in [9.17, 15) is 0 Å². The largest absolute Gasteiger partial charge is 0.434 e. The molecule has 2 aliphatic rings. The van der Waals surface area contributed by atoms with Gasteiger partial charge < -0.3 is 8.54 Å². The minimum Gasteiger partial charge on any atom is -0.434 e. The van der Waals surface area contributed by atoms with Crippen LogP contribution in [-0.4, -0.2) is 39.7 Å². The Balaban J connectivity index is 1.88. The highest BCUT2D eigenvalue weighted by Crippen LogP contribution is 2.67. The molecule has 3 rings (SSSR count). The number of hydrogen-bond donors (Lipinski definition) is 0. The quantitative estimate of drug-likeness (QED) is 0.256. The van der Waals surface area contributed by atoms with Gasteiger partial charge in [-0.05, 0) is 52.9 Å². The number of fused-ring (bicyclic) bond motifs is 1. The highest BCUT2D eigenvalue weighted by molar-refractivity contribution is 8.01. The van der Waals surface area contributed by atoms with E-state index in [1.54, 1.807) is 0 Å². The monoisotopic (exact) mass is 510 g/mol. The Morgan fingerprint density at radius 3 is 2.09 bits per heavy atom. The molecule has 2 heterocycles. The summed E-state index contributed by atoms with van der Waals surface area (Å²) in [7, 11) is -4.45. The van der Waals surface area contributed by atoms with Crippen LogP contribution in [0.4, 0.5) is 0 Å². The van der Waals surface area contributed by atoms with E-state index in [4.69, 9.17) is 8.54 Å². The number of hydrogen-bond acceptors (Lipinski definition) is 4. The molecule has 2 aliphatic heterocycles. The second kappa shape index (κ2) is 10.5. The first kappa shape index (κ1) is 26.9. The maximum atomic E-state index is 7.71. The molecule has 3 atom stereocenters. The first-order valence-electron chi connectivity index (χ1n) is 12.7. The Hall–Kier alpha value is 0.274. The third-order valence-electron chi connectivity index (χ3n) is 8.18. The molecule has 0 radical (unpaired) electrons. The molecular formula is C26H46O2S2Si2. The normalized spacial score (nSPS) is 29.7. The number of rotatable bonds is 8. The first-order chi connectivity index (χ1) is 15.0. The molecule has 0 bridgehead atoms. The third kappa shape index (κ3) is 4.70. The van der Waals surface area contributed by atoms with Crippen LogP contribution in [0, 0.1) is 0 Å². The molecule has 2 saturated heterocycles. The standard InChI is InChI=1S/C26H46O2S2Si2/c1-19(2)31(20(3)4)26(9)17-24(15-16-29-23-13-11-10-12-14-23)30-25(26)18-27-32(28-31,21(5)6)22(7)8/h10-14,19-22,24-25H,15-18H2,1-9H3/t24?,25-,26-/m1/s1. The van der Waals surface area contributed by atoms with Crippen LogP contribution in [-0.2, 0) is 8.54 Å². The SMILES string of the molecule is CC(C)[Si]1(C(C)C)OC[C@H]2SC(CCSc3ccccc3)C[C@@]2(C)[Si](C(C)C)(C(C)C)O1. The summed E-state index contributed by atoms with van der Waals surface area (Å²) in [6, 6.07) is 10.9. The topological polar surface area (TPSA) is 18.5 Å². The summed E-state index contributed by atoms with van der Waals surface area (Å²) in [5.74, 6) is 1.20. The van der Waals surface area contributed by atoms with Crippen LogP contribution in [0.5, 0.6) is 0 Å². The minimum absolute atomic E-state index is 0.264. The Labute approximate surface area is 208 Å². The van der Waals surface area contributed by atoms with E-state index in [-0.39, 0.29) is 5.04 Å². The smallest absolute Gasteiger partial charge is 0.333 e. The summed E-state index contributed by atoms with van der Waals surface area (Å²) < 4.78 is 14.7. The lowest BCUT2D eigenvalue weighted by molar-refractivity contribution is 0.229. The van der Waals surface area contributed by atoms with Gasteiger partial charge in [-0.1, -0.05) is 80.5 Å². The maximum Gasteiger partial charge on any atom is 0.333 e. The van der Waals surface area contributed by atoms with Crippen molar-refractivity contribution in [2.45, 2.75) is 118 Å². The van der Waals surface area contributed by atoms with E-state index in [2.05, 4.69) is 104 Å². The predicted molar refractivity (Wildman–Crippen MR) is 149 cm³/mol. The highest BCUT2D eigenvalue weighted by Gasteiger charge is 2.68. The van der Waals surface area contributed by atoms with Crippen LogP contribution in [0.1, 0.15) is 75.2 Å². The van der Waals surface area contributed by atoms with Crippen LogP contribution < -0.4 is 0 Å². The molecular weight excluding hydrogens is 465 g/mol. The molecule has 0 amide bonds. The Morgan fingerprint density at radius 1 is 0.969 bits per heavy atom. The van der Waals surface area contributed by atoms with Crippen molar-refractivity contribution in [3.05, 3.63) is 30.3 Å². The molecule has 0 aliphatic carbocycles. The number of thioether (sulfide) groups is 2. The van der Waals surface area contributed by atoms with Gasteiger partial charge in [-0.3, -0.25) is 0 Å². The second-order valence-electron chi connectivity index (χ2n) is 11.4. The Kier molecular flexibility index (Phi) is 8.81. The zero-order valence-corrected chi connectivity index (χ0v) is 25.4. The van der Waals surface area contributed by atoms with E-state index in [0.717, 1.165) is 6.61 Å². The van der Waals surface area contributed by atoms with Gasteiger partial charge in [-0.2, -0.15) is 11.8 Å². The van der Waals surface area contributed by atoms with Crippen LogP contribution >= 0.6 is 23.5 Å². The maximum absolute atomic E-state index is 7.71. The van der Waals surface area contributed by atoms with Gasteiger partial charge in [-0.15, -0.1) is 11.8 Å². The van der Waals surface area contributed by atoms with E-state index in [1.807, 2.05) is 11.8 Å². The molecule has 0 spiro atoms. The Morgan fingerprint density at radius 2 is 1.56 bits per heavy atom. The van der Waals surface area contributed by atoms with Crippen LogP contribution in [0.2, 0.25) is 27.2 Å². The highest BCUT2D eigenvalue weighted by atomic mass is 32.2. The van der Waals surface area contributed by atoms with Gasteiger partial charge in [0.05, 0.1) is 0 Å². The van der Waals surface area contributed by atoms with E-state index >= 15 is 0 Å². The molecule has 0 aromatic heterocycles. The van der Waals surface area contributed by atoms with Crippen LogP contribution in [0.15, 0.2) is 35.2 Å². The van der Waals surface area contributed by atoms with Gasteiger partial charge in [0.1, 0.15) is 0 Å². The van der Waals surface area contributed by atoms with Crippen molar-refractivity contribution < 1.29 is 8.54 Å². The molecule has 2 fully saturated rings. The van der Waals surface area contributed by atoms with Crippen molar-refractivity contribution in [1.29, 1.82) is 0 Å². The van der Waals surface area contributed by atoms with E-state index in [1.165, 1.54) is 23.5 Å². The summed E-state index contributed by atoms with van der Waals surface area (Å²) in [5, 5.41) is 1.54. The fraction of sp³-hybridized carbons (Fsp3) is 0.769. The summed E-state index contributed by atoms with van der Waals surface area (Å²) in [6.07, 6.45) is 2.57. The molecule has 2 nitrogen and oxygen atoms in total. The average molecular weight is 511 g/mol. The van der Waals surface area contributed by atoms with Gasteiger partial charge >= 0.3 is 8.56 Å². The molecule has 0 saturated carbocycles. The molecule has 1 aromatic rings. The number of benzene rings is 1. The van der Waals surface area contributed by atoms with Crippen molar-refractivity contribution in [2.24, 2.45) is 0 Å². The lowest BCUT2D eigenvalue weighted by Gasteiger charge is -2.54. The van der Waals surface area contributed by atoms with Gasteiger partial charge in [0.25, 0.3) is 0 Å².